The minimum Gasteiger partial charge on any atom is -0.351 e. The van der Waals surface area contributed by atoms with Crippen molar-refractivity contribution >= 4 is 17.5 Å². The molecule has 1 N–H and O–H groups in total. The molecule has 7 heteroatoms. The van der Waals surface area contributed by atoms with Gasteiger partial charge in [-0.15, -0.1) is 0 Å². The third-order valence-corrected chi connectivity index (χ3v) is 5.39. The first-order valence-corrected chi connectivity index (χ1v) is 9.64. The van der Waals surface area contributed by atoms with Gasteiger partial charge in [0.25, 0.3) is 0 Å². The van der Waals surface area contributed by atoms with E-state index in [-0.39, 0.29) is 17.5 Å². The monoisotopic (exact) mass is 398 g/mol. The lowest BCUT2D eigenvalue weighted by atomic mass is 9.97. The second-order valence-electron chi connectivity index (χ2n) is 7.12. The molecule has 0 spiro atoms. The highest BCUT2D eigenvalue weighted by molar-refractivity contribution is 6.30. The molecule has 0 bridgehead atoms. The fourth-order valence-corrected chi connectivity index (χ4v) is 3.78. The molecule has 144 valence electrons. The number of nitrogens with zero attached hydrogens (tertiary/aromatic N) is 3. The first-order valence-electron chi connectivity index (χ1n) is 9.27. The van der Waals surface area contributed by atoms with Crippen LogP contribution in [0.4, 0.5) is 10.3 Å². The summed E-state index contributed by atoms with van der Waals surface area (Å²) in [5.74, 6) is 0.509. The standard InChI is InChI=1S/C21H20ClFN4O/c22-17-6-1-14(2-7-17)12-27-13-24-20(26-21(27)28)25-19-10-5-16(11-19)15-3-8-18(23)9-4-15/h1-4,6-9,13,16,19H,5,10-12H2,(H,25,26,28)/t16-,19+/m0/s1. The van der Waals surface area contributed by atoms with E-state index in [0.717, 1.165) is 30.4 Å². The first kappa shape index (κ1) is 18.6. The molecule has 2 atom stereocenters. The van der Waals surface area contributed by atoms with Gasteiger partial charge in [0, 0.05) is 11.1 Å². The number of hydrogen-bond acceptors (Lipinski definition) is 4. The van der Waals surface area contributed by atoms with Gasteiger partial charge < -0.3 is 5.32 Å². The van der Waals surface area contributed by atoms with E-state index in [1.165, 1.54) is 23.0 Å². The molecule has 4 rings (SSSR count). The number of halogens is 2. The number of aromatic nitrogens is 3. The van der Waals surface area contributed by atoms with Crippen LogP contribution >= 0.6 is 11.6 Å². The Morgan fingerprint density at radius 2 is 1.86 bits per heavy atom. The zero-order chi connectivity index (χ0) is 19.5. The quantitative estimate of drug-likeness (QED) is 0.698. The number of nitrogens with one attached hydrogen (secondary N) is 1. The Morgan fingerprint density at radius 3 is 2.57 bits per heavy atom. The van der Waals surface area contributed by atoms with E-state index < -0.39 is 0 Å². The summed E-state index contributed by atoms with van der Waals surface area (Å²) in [4.78, 5) is 20.7. The third kappa shape index (κ3) is 4.39. The predicted molar refractivity (Wildman–Crippen MR) is 107 cm³/mol. The summed E-state index contributed by atoms with van der Waals surface area (Å²) >= 11 is 5.89. The van der Waals surface area contributed by atoms with Crippen LogP contribution in [0.1, 0.15) is 36.3 Å². The van der Waals surface area contributed by atoms with Crippen LogP contribution in [-0.2, 0) is 6.54 Å². The molecule has 5 nitrogen and oxygen atoms in total. The maximum Gasteiger partial charge on any atom is 0.352 e. The summed E-state index contributed by atoms with van der Waals surface area (Å²) < 4.78 is 14.6. The Bertz CT molecular complexity index is 1000. The van der Waals surface area contributed by atoms with Crippen molar-refractivity contribution in [1.29, 1.82) is 0 Å². The second-order valence-corrected chi connectivity index (χ2v) is 7.56. The van der Waals surface area contributed by atoms with Gasteiger partial charge in [-0.3, -0.25) is 4.57 Å². The van der Waals surface area contributed by atoms with E-state index in [4.69, 9.17) is 11.6 Å². The minimum atomic E-state index is -0.347. The normalized spacial score (nSPS) is 18.9. The number of rotatable bonds is 5. The van der Waals surface area contributed by atoms with Crippen molar-refractivity contribution in [3.63, 3.8) is 0 Å². The van der Waals surface area contributed by atoms with E-state index >= 15 is 0 Å². The number of benzene rings is 2. The lowest BCUT2D eigenvalue weighted by Crippen LogP contribution is -2.27. The lowest BCUT2D eigenvalue weighted by molar-refractivity contribution is 0.624. The van der Waals surface area contributed by atoms with Crippen molar-refractivity contribution in [3.8, 4) is 0 Å². The molecule has 3 aromatic rings. The Kier molecular flexibility index (Phi) is 5.39. The molecular formula is C21H20ClFN4O. The fourth-order valence-electron chi connectivity index (χ4n) is 3.65. The molecule has 1 saturated carbocycles. The number of hydrogen-bond donors (Lipinski definition) is 1. The molecule has 1 aliphatic carbocycles. The van der Waals surface area contributed by atoms with Crippen molar-refractivity contribution in [2.24, 2.45) is 0 Å². The number of anilines is 1. The summed E-state index contributed by atoms with van der Waals surface area (Å²) in [5.41, 5.74) is 1.75. The van der Waals surface area contributed by atoms with Crippen LogP contribution in [0.2, 0.25) is 5.02 Å². The van der Waals surface area contributed by atoms with Gasteiger partial charge in [0.15, 0.2) is 0 Å². The van der Waals surface area contributed by atoms with Crippen molar-refractivity contribution in [1.82, 2.24) is 14.5 Å². The van der Waals surface area contributed by atoms with E-state index in [0.29, 0.717) is 23.4 Å². The second kappa shape index (κ2) is 8.10. The van der Waals surface area contributed by atoms with Gasteiger partial charge in [0.1, 0.15) is 12.1 Å². The van der Waals surface area contributed by atoms with Gasteiger partial charge >= 0.3 is 5.69 Å². The summed E-state index contributed by atoms with van der Waals surface area (Å²) in [7, 11) is 0. The molecule has 0 amide bonds. The Hall–Kier alpha value is -2.73. The van der Waals surface area contributed by atoms with Crippen LogP contribution in [0.15, 0.2) is 59.7 Å². The molecular weight excluding hydrogens is 379 g/mol. The molecule has 2 aromatic carbocycles. The van der Waals surface area contributed by atoms with Crippen molar-refractivity contribution in [2.45, 2.75) is 37.8 Å². The van der Waals surface area contributed by atoms with Crippen LogP contribution in [0.25, 0.3) is 0 Å². The largest absolute Gasteiger partial charge is 0.352 e. The zero-order valence-electron chi connectivity index (χ0n) is 15.2. The highest BCUT2D eigenvalue weighted by atomic mass is 35.5. The summed E-state index contributed by atoms with van der Waals surface area (Å²) in [5, 5.41) is 3.92. The molecule has 0 saturated heterocycles. The first-order chi connectivity index (χ1) is 13.6. The topological polar surface area (TPSA) is 59.8 Å². The van der Waals surface area contributed by atoms with Gasteiger partial charge in [-0.2, -0.15) is 4.98 Å². The Morgan fingerprint density at radius 1 is 1.11 bits per heavy atom. The van der Waals surface area contributed by atoms with Crippen molar-refractivity contribution in [3.05, 3.63) is 87.3 Å². The van der Waals surface area contributed by atoms with Gasteiger partial charge in [0.05, 0.1) is 6.54 Å². The summed E-state index contributed by atoms with van der Waals surface area (Å²) in [6.07, 6.45) is 4.39. The van der Waals surface area contributed by atoms with E-state index in [1.807, 2.05) is 24.3 Å². The van der Waals surface area contributed by atoms with E-state index in [2.05, 4.69) is 15.3 Å². The highest BCUT2D eigenvalue weighted by Crippen LogP contribution is 2.35. The van der Waals surface area contributed by atoms with Crippen LogP contribution < -0.4 is 11.0 Å². The Balaban J connectivity index is 1.39. The van der Waals surface area contributed by atoms with Gasteiger partial charge in [-0.25, -0.2) is 14.2 Å². The smallest absolute Gasteiger partial charge is 0.351 e. The van der Waals surface area contributed by atoms with Gasteiger partial charge in [0.2, 0.25) is 5.95 Å². The fraction of sp³-hybridized carbons (Fsp3) is 0.286. The summed E-state index contributed by atoms with van der Waals surface area (Å²) in [6, 6.07) is 14.2. The molecule has 0 unspecified atom stereocenters. The molecule has 1 aromatic heterocycles. The highest BCUT2D eigenvalue weighted by Gasteiger charge is 2.26. The van der Waals surface area contributed by atoms with Gasteiger partial charge in [-0.1, -0.05) is 35.9 Å². The molecule has 1 aliphatic rings. The SMILES string of the molecule is O=c1nc(N[C@@H]2CC[C@H](c3ccc(F)cc3)C2)ncn1Cc1ccc(Cl)cc1. The van der Waals surface area contributed by atoms with Crippen LogP contribution in [0, 0.1) is 5.82 Å². The zero-order valence-corrected chi connectivity index (χ0v) is 15.9. The van der Waals surface area contributed by atoms with Crippen molar-refractivity contribution < 1.29 is 4.39 Å². The maximum atomic E-state index is 13.1. The summed E-state index contributed by atoms with van der Waals surface area (Å²) in [6.45, 7) is 0.395. The van der Waals surface area contributed by atoms with Crippen LogP contribution in [0.5, 0.6) is 0 Å². The lowest BCUT2D eigenvalue weighted by Gasteiger charge is -2.14. The Labute approximate surface area is 167 Å². The molecule has 1 heterocycles. The minimum absolute atomic E-state index is 0.196. The van der Waals surface area contributed by atoms with Crippen LogP contribution in [0.3, 0.4) is 0 Å². The van der Waals surface area contributed by atoms with Gasteiger partial charge in [-0.05, 0) is 60.6 Å². The van der Waals surface area contributed by atoms with Crippen molar-refractivity contribution in [2.75, 3.05) is 5.32 Å². The predicted octanol–water partition coefficient (Wildman–Crippen LogP) is 4.23. The maximum absolute atomic E-state index is 13.1. The molecule has 0 aliphatic heterocycles. The average Bonchev–Trinajstić information content (AvgIpc) is 3.15. The van der Waals surface area contributed by atoms with E-state index in [1.54, 1.807) is 12.1 Å². The van der Waals surface area contributed by atoms with E-state index in [9.17, 15) is 9.18 Å². The third-order valence-electron chi connectivity index (χ3n) is 5.14. The molecule has 1 fully saturated rings. The average molecular weight is 399 g/mol. The molecule has 0 radical (unpaired) electrons. The van der Waals surface area contributed by atoms with Crippen LogP contribution in [-0.4, -0.2) is 20.6 Å². The molecule has 28 heavy (non-hydrogen) atoms.